The van der Waals surface area contributed by atoms with Gasteiger partial charge in [-0.15, -0.1) is 0 Å². The number of aliphatic imine (C=N–C) groups is 1. The lowest BCUT2D eigenvalue weighted by Gasteiger charge is -2.25. The van der Waals surface area contributed by atoms with Crippen LogP contribution in [-0.2, 0) is 0 Å². The van der Waals surface area contributed by atoms with Crippen LogP contribution in [0.5, 0.6) is 0 Å². The molecule has 1 N–H and O–H groups in total. The van der Waals surface area contributed by atoms with E-state index in [0.29, 0.717) is 0 Å². The Balaban J connectivity index is 1.02. The normalized spacial score (nSPS) is 14.6. The van der Waals surface area contributed by atoms with Gasteiger partial charge >= 0.3 is 0 Å². The van der Waals surface area contributed by atoms with Crippen LogP contribution in [0.25, 0.3) is 71.8 Å². The van der Waals surface area contributed by atoms with E-state index in [-0.39, 0.29) is 6.17 Å². The Hall–Kier alpha value is -6.65. The Bertz CT molecular complexity index is 2780. The van der Waals surface area contributed by atoms with Crippen molar-refractivity contribution in [2.45, 2.75) is 6.17 Å². The smallest absolute Gasteiger partial charge is 0.145 e. The summed E-state index contributed by atoms with van der Waals surface area (Å²) < 4.78 is 12.2. The second-order valence-electron chi connectivity index (χ2n) is 12.8. The molecule has 4 nitrogen and oxygen atoms in total. The zero-order chi connectivity index (χ0) is 33.0. The van der Waals surface area contributed by atoms with E-state index in [1.165, 1.54) is 0 Å². The van der Waals surface area contributed by atoms with Gasteiger partial charge < -0.3 is 14.2 Å². The van der Waals surface area contributed by atoms with Gasteiger partial charge in [-0.3, -0.25) is 4.99 Å². The summed E-state index contributed by atoms with van der Waals surface area (Å²) in [7, 11) is 0. The topological polar surface area (TPSA) is 50.7 Å². The van der Waals surface area contributed by atoms with E-state index in [0.717, 1.165) is 94.2 Å². The summed E-state index contributed by atoms with van der Waals surface area (Å²) in [5.41, 5.74) is 13.5. The summed E-state index contributed by atoms with van der Waals surface area (Å²) in [6.07, 6.45) is 1.95. The molecule has 1 aliphatic heterocycles. The molecule has 0 aliphatic carbocycles. The molecule has 0 bridgehead atoms. The Morgan fingerprint density at radius 3 is 1.60 bits per heavy atom. The Kier molecular flexibility index (Phi) is 6.53. The first-order chi connectivity index (χ1) is 24.7. The molecule has 0 radical (unpaired) electrons. The maximum absolute atomic E-state index is 6.10. The molecule has 0 fully saturated rings. The maximum Gasteiger partial charge on any atom is 0.145 e. The quantitative estimate of drug-likeness (QED) is 0.203. The third-order valence-corrected chi connectivity index (χ3v) is 9.73. The van der Waals surface area contributed by atoms with Gasteiger partial charge in [0.1, 0.15) is 28.5 Å². The number of nitrogens with one attached hydrogen (secondary N) is 1. The third-order valence-electron chi connectivity index (χ3n) is 9.73. The lowest BCUT2D eigenvalue weighted by atomic mass is 9.96. The highest BCUT2D eigenvalue weighted by Crippen LogP contribution is 2.35. The van der Waals surface area contributed by atoms with Crippen molar-refractivity contribution in [3.05, 3.63) is 187 Å². The van der Waals surface area contributed by atoms with Crippen LogP contribution in [-0.4, -0.2) is 5.71 Å². The first-order valence-corrected chi connectivity index (χ1v) is 16.9. The van der Waals surface area contributed by atoms with Crippen molar-refractivity contribution >= 4 is 55.3 Å². The fourth-order valence-electron chi connectivity index (χ4n) is 7.16. The van der Waals surface area contributed by atoms with Crippen LogP contribution in [0.3, 0.4) is 0 Å². The second kappa shape index (κ2) is 11.5. The molecule has 9 aromatic rings. The van der Waals surface area contributed by atoms with Gasteiger partial charge in [0.15, 0.2) is 0 Å². The average molecular weight is 643 g/mol. The number of rotatable bonds is 5. The molecule has 236 valence electrons. The van der Waals surface area contributed by atoms with Gasteiger partial charge in [0.05, 0.1) is 5.71 Å². The molecule has 1 unspecified atom stereocenters. The zero-order valence-electron chi connectivity index (χ0n) is 27.0. The highest BCUT2D eigenvalue weighted by molar-refractivity contribution is 6.13. The number of para-hydroxylation sites is 2. The summed E-state index contributed by atoms with van der Waals surface area (Å²) in [4.78, 5) is 5.21. The van der Waals surface area contributed by atoms with E-state index in [1.807, 2.05) is 30.3 Å². The van der Waals surface area contributed by atoms with Crippen LogP contribution in [0.4, 0.5) is 0 Å². The minimum absolute atomic E-state index is 0.222. The van der Waals surface area contributed by atoms with Crippen molar-refractivity contribution in [2.24, 2.45) is 4.99 Å². The summed E-state index contributed by atoms with van der Waals surface area (Å²) >= 11 is 0. The fourth-order valence-corrected chi connectivity index (χ4v) is 7.16. The van der Waals surface area contributed by atoms with Crippen LogP contribution in [0, 0.1) is 0 Å². The summed E-state index contributed by atoms with van der Waals surface area (Å²) in [6.45, 7) is 0. The molecule has 0 amide bonds. The van der Waals surface area contributed by atoms with Crippen molar-refractivity contribution in [1.29, 1.82) is 0 Å². The average Bonchev–Trinajstić information content (AvgIpc) is 3.76. The molecule has 0 saturated carbocycles. The van der Waals surface area contributed by atoms with Gasteiger partial charge in [-0.25, -0.2) is 0 Å². The molecule has 2 aromatic heterocycles. The maximum atomic E-state index is 6.10. The summed E-state index contributed by atoms with van der Waals surface area (Å²) in [5.74, 6) is 0. The SMILES string of the molecule is C1=C(c2cccc(-c3ccc4oc5ccccc5c4c3)c2)NC(c2ccccc2)N=C1c1ccc(-c2ccc3oc4ccccc4c3c2)cc1. The van der Waals surface area contributed by atoms with Crippen molar-refractivity contribution in [1.82, 2.24) is 5.32 Å². The van der Waals surface area contributed by atoms with Crippen LogP contribution >= 0.6 is 0 Å². The van der Waals surface area contributed by atoms with Crippen LogP contribution in [0.15, 0.2) is 184 Å². The van der Waals surface area contributed by atoms with Crippen molar-refractivity contribution in [3.8, 4) is 22.3 Å². The van der Waals surface area contributed by atoms with Gasteiger partial charge in [-0.1, -0.05) is 121 Å². The van der Waals surface area contributed by atoms with Crippen molar-refractivity contribution < 1.29 is 8.83 Å². The third kappa shape index (κ3) is 4.89. The Morgan fingerprint density at radius 1 is 0.400 bits per heavy atom. The largest absolute Gasteiger partial charge is 0.456 e. The van der Waals surface area contributed by atoms with E-state index >= 15 is 0 Å². The highest BCUT2D eigenvalue weighted by atomic mass is 16.3. The number of hydrogen-bond acceptors (Lipinski definition) is 4. The van der Waals surface area contributed by atoms with E-state index < -0.39 is 0 Å². The minimum Gasteiger partial charge on any atom is -0.456 e. The number of benzene rings is 7. The molecular formula is C46H30N2O2. The first-order valence-electron chi connectivity index (χ1n) is 16.9. The number of furan rings is 2. The molecule has 10 rings (SSSR count). The molecule has 3 heterocycles. The van der Waals surface area contributed by atoms with E-state index in [1.54, 1.807) is 0 Å². The number of fused-ring (bicyclic) bond motifs is 6. The van der Waals surface area contributed by atoms with Crippen molar-refractivity contribution in [3.63, 3.8) is 0 Å². The second-order valence-corrected chi connectivity index (χ2v) is 12.8. The summed E-state index contributed by atoms with van der Waals surface area (Å²) in [6, 6.07) is 57.1. The van der Waals surface area contributed by atoms with Gasteiger partial charge in [-0.05, 0) is 87.5 Å². The molecule has 1 aliphatic rings. The number of allylic oxidation sites excluding steroid dienone is 1. The highest BCUT2D eigenvalue weighted by Gasteiger charge is 2.20. The molecule has 4 heteroatoms. The lowest BCUT2D eigenvalue weighted by Crippen LogP contribution is -2.24. The van der Waals surface area contributed by atoms with Crippen LogP contribution in [0.2, 0.25) is 0 Å². The van der Waals surface area contributed by atoms with E-state index in [4.69, 9.17) is 13.8 Å². The monoisotopic (exact) mass is 642 g/mol. The molecule has 1 atom stereocenters. The Labute approximate surface area is 288 Å². The summed E-state index contributed by atoms with van der Waals surface area (Å²) in [5, 5.41) is 8.25. The molecule has 0 saturated heterocycles. The van der Waals surface area contributed by atoms with Gasteiger partial charge in [-0.2, -0.15) is 0 Å². The zero-order valence-corrected chi connectivity index (χ0v) is 27.0. The van der Waals surface area contributed by atoms with Gasteiger partial charge in [0, 0.05) is 27.2 Å². The van der Waals surface area contributed by atoms with Crippen molar-refractivity contribution in [2.75, 3.05) is 0 Å². The Morgan fingerprint density at radius 2 is 0.920 bits per heavy atom. The lowest BCUT2D eigenvalue weighted by molar-refractivity contribution is 0.664. The molecular weight excluding hydrogens is 613 g/mol. The van der Waals surface area contributed by atoms with Crippen LogP contribution < -0.4 is 5.32 Å². The van der Waals surface area contributed by atoms with Crippen LogP contribution in [0.1, 0.15) is 22.9 Å². The van der Waals surface area contributed by atoms with E-state index in [2.05, 4.69) is 145 Å². The fraction of sp³-hybridized carbons (Fsp3) is 0.0217. The standard InChI is InChI=1S/C46H30N2O2/c1-2-9-31(10-3-1)46-47-40(30-19-17-29(18-20-30)33-21-23-44-38(26-33)36-13-4-6-15-42(36)49-44)28-41(48-46)35-12-8-11-32(25-35)34-22-24-45-39(27-34)37-14-5-7-16-43(37)50-45/h1-28,46,48H. The van der Waals surface area contributed by atoms with E-state index in [9.17, 15) is 0 Å². The van der Waals surface area contributed by atoms with Gasteiger partial charge in [0.25, 0.3) is 0 Å². The number of hydrogen-bond donors (Lipinski definition) is 1. The number of nitrogens with zero attached hydrogens (tertiary/aromatic N) is 1. The molecule has 0 spiro atoms. The minimum atomic E-state index is -0.222. The molecule has 50 heavy (non-hydrogen) atoms. The van der Waals surface area contributed by atoms with Gasteiger partial charge in [0.2, 0.25) is 0 Å². The predicted octanol–water partition coefficient (Wildman–Crippen LogP) is 12.0. The molecule has 7 aromatic carbocycles. The first kappa shape index (κ1) is 28.4. The predicted molar refractivity (Wildman–Crippen MR) is 205 cm³/mol.